The van der Waals surface area contributed by atoms with Gasteiger partial charge in [0, 0.05) is 31.7 Å². The molecule has 1 aliphatic heterocycles. The summed E-state index contributed by atoms with van der Waals surface area (Å²) in [6.45, 7) is 3.82. The third-order valence-electron chi connectivity index (χ3n) is 4.56. The lowest BCUT2D eigenvalue weighted by Crippen LogP contribution is -2.38. The third-order valence-corrected chi connectivity index (χ3v) is 6.52. The SMILES string of the molecule is CCCCS(=O)(=O)N1CCCN(C(=O)c2ccc3nc[nH]c3c2)CC1. The van der Waals surface area contributed by atoms with Crippen LogP contribution < -0.4 is 0 Å². The predicted octanol–water partition coefficient (Wildman–Crippen LogP) is 1.84. The summed E-state index contributed by atoms with van der Waals surface area (Å²) in [4.78, 5) is 21.7. The van der Waals surface area contributed by atoms with Crippen molar-refractivity contribution in [1.82, 2.24) is 19.2 Å². The first kappa shape index (κ1) is 17.9. The highest BCUT2D eigenvalue weighted by molar-refractivity contribution is 7.89. The number of carbonyl (C=O) groups is 1. The molecule has 25 heavy (non-hydrogen) atoms. The van der Waals surface area contributed by atoms with Crippen LogP contribution in [0.4, 0.5) is 0 Å². The number of unbranched alkanes of at least 4 members (excludes halogenated alkanes) is 1. The molecule has 136 valence electrons. The number of amides is 1. The van der Waals surface area contributed by atoms with Crippen molar-refractivity contribution in [2.24, 2.45) is 0 Å². The molecule has 0 bridgehead atoms. The number of hydrogen-bond donors (Lipinski definition) is 1. The van der Waals surface area contributed by atoms with Crippen LogP contribution in [0.3, 0.4) is 0 Å². The fourth-order valence-corrected chi connectivity index (χ4v) is 4.76. The van der Waals surface area contributed by atoms with Gasteiger partial charge in [0.05, 0.1) is 23.1 Å². The van der Waals surface area contributed by atoms with Crippen LogP contribution >= 0.6 is 0 Å². The number of imidazole rings is 1. The summed E-state index contributed by atoms with van der Waals surface area (Å²) in [6.07, 6.45) is 3.78. The molecule has 7 nitrogen and oxygen atoms in total. The molecule has 2 aromatic rings. The quantitative estimate of drug-likeness (QED) is 0.877. The van der Waals surface area contributed by atoms with Gasteiger partial charge < -0.3 is 9.88 Å². The number of nitrogens with zero attached hydrogens (tertiary/aromatic N) is 3. The van der Waals surface area contributed by atoms with E-state index in [9.17, 15) is 13.2 Å². The molecule has 0 aliphatic carbocycles. The highest BCUT2D eigenvalue weighted by Gasteiger charge is 2.26. The van der Waals surface area contributed by atoms with Crippen LogP contribution in [0.15, 0.2) is 24.5 Å². The molecule has 8 heteroatoms. The van der Waals surface area contributed by atoms with Gasteiger partial charge in [-0.1, -0.05) is 13.3 Å². The van der Waals surface area contributed by atoms with Crippen LogP contribution in [-0.2, 0) is 10.0 Å². The Labute approximate surface area is 148 Å². The summed E-state index contributed by atoms with van der Waals surface area (Å²) in [5.41, 5.74) is 2.24. The van der Waals surface area contributed by atoms with Crippen LogP contribution in [0.1, 0.15) is 36.5 Å². The summed E-state index contributed by atoms with van der Waals surface area (Å²) < 4.78 is 26.3. The van der Waals surface area contributed by atoms with Crippen LogP contribution in [0.5, 0.6) is 0 Å². The summed E-state index contributed by atoms with van der Waals surface area (Å²) >= 11 is 0. The molecule has 1 aliphatic rings. The van der Waals surface area contributed by atoms with Gasteiger partial charge in [-0.15, -0.1) is 0 Å². The molecule has 1 aromatic carbocycles. The maximum atomic E-state index is 12.8. The van der Waals surface area contributed by atoms with Gasteiger partial charge in [-0.25, -0.2) is 17.7 Å². The van der Waals surface area contributed by atoms with Gasteiger partial charge >= 0.3 is 0 Å². The van der Waals surface area contributed by atoms with E-state index in [1.807, 2.05) is 13.0 Å². The highest BCUT2D eigenvalue weighted by atomic mass is 32.2. The van der Waals surface area contributed by atoms with Crippen LogP contribution in [0.25, 0.3) is 11.0 Å². The minimum absolute atomic E-state index is 0.0655. The Hall–Kier alpha value is -1.93. The molecule has 3 rings (SSSR count). The van der Waals surface area contributed by atoms with E-state index in [0.717, 1.165) is 17.5 Å². The van der Waals surface area contributed by atoms with E-state index in [-0.39, 0.29) is 11.7 Å². The number of hydrogen-bond acceptors (Lipinski definition) is 4. The van der Waals surface area contributed by atoms with Crippen LogP contribution in [-0.4, -0.2) is 65.4 Å². The van der Waals surface area contributed by atoms with Gasteiger partial charge in [-0.2, -0.15) is 0 Å². The number of sulfonamides is 1. The average Bonchev–Trinajstić information content (AvgIpc) is 2.93. The number of aromatic nitrogens is 2. The molecule has 0 atom stereocenters. The molecule has 0 unspecified atom stereocenters. The number of aromatic amines is 1. The fraction of sp³-hybridized carbons (Fsp3) is 0.529. The molecule has 0 radical (unpaired) electrons. The Balaban J connectivity index is 1.69. The van der Waals surface area contributed by atoms with Gasteiger partial charge in [0.25, 0.3) is 5.91 Å². The second-order valence-corrected chi connectivity index (χ2v) is 8.44. The molecular formula is C17H24N4O3S. The second-order valence-electron chi connectivity index (χ2n) is 6.35. The lowest BCUT2D eigenvalue weighted by Gasteiger charge is -2.22. The third kappa shape index (κ3) is 4.01. The van der Waals surface area contributed by atoms with E-state index in [0.29, 0.717) is 44.6 Å². The maximum Gasteiger partial charge on any atom is 0.253 e. The Bertz CT molecular complexity index is 846. The van der Waals surface area contributed by atoms with Crippen molar-refractivity contribution in [3.63, 3.8) is 0 Å². The number of benzene rings is 1. The second kappa shape index (κ2) is 7.53. The molecule has 0 spiro atoms. The van der Waals surface area contributed by atoms with Crippen molar-refractivity contribution >= 4 is 27.0 Å². The van der Waals surface area contributed by atoms with E-state index >= 15 is 0 Å². The fourth-order valence-electron chi connectivity index (χ4n) is 3.08. The predicted molar refractivity (Wildman–Crippen MR) is 96.9 cm³/mol. The van der Waals surface area contributed by atoms with Crippen molar-refractivity contribution in [3.8, 4) is 0 Å². The molecule has 1 aromatic heterocycles. The molecule has 1 N–H and O–H groups in total. The van der Waals surface area contributed by atoms with E-state index < -0.39 is 10.0 Å². The van der Waals surface area contributed by atoms with Crippen LogP contribution in [0.2, 0.25) is 0 Å². The Morgan fingerprint density at radius 1 is 1.24 bits per heavy atom. The number of carbonyl (C=O) groups excluding carboxylic acids is 1. The van der Waals surface area contributed by atoms with Crippen molar-refractivity contribution in [1.29, 1.82) is 0 Å². The van der Waals surface area contributed by atoms with Gasteiger partial charge in [0.2, 0.25) is 10.0 Å². The van der Waals surface area contributed by atoms with E-state index in [4.69, 9.17) is 0 Å². The number of fused-ring (bicyclic) bond motifs is 1. The van der Waals surface area contributed by atoms with E-state index in [1.165, 1.54) is 4.31 Å². The summed E-state index contributed by atoms with van der Waals surface area (Å²) in [6, 6.07) is 5.38. The van der Waals surface area contributed by atoms with Gasteiger partial charge in [-0.05, 0) is 31.0 Å². The van der Waals surface area contributed by atoms with Crippen molar-refractivity contribution < 1.29 is 13.2 Å². The Kier molecular flexibility index (Phi) is 5.39. The highest BCUT2D eigenvalue weighted by Crippen LogP contribution is 2.16. The summed E-state index contributed by atoms with van der Waals surface area (Å²) in [7, 11) is -3.22. The zero-order valence-electron chi connectivity index (χ0n) is 14.4. The van der Waals surface area contributed by atoms with E-state index in [1.54, 1.807) is 23.4 Å². The smallest absolute Gasteiger partial charge is 0.253 e. The minimum atomic E-state index is -3.22. The topological polar surface area (TPSA) is 86.4 Å². The minimum Gasteiger partial charge on any atom is -0.345 e. The Morgan fingerprint density at radius 3 is 2.88 bits per heavy atom. The van der Waals surface area contributed by atoms with Crippen molar-refractivity contribution in [2.45, 2.75) is 26.2 Å². The molecule has 1 saturated heterocycles. The molecular weight excluding hydrogens is 340 g/mol. The number of nitrogens with one attached hydrogen (secondary N) is 1. The molecule has 2 heterocycles. The van der Waals surface area contributed by atoms with Crippen LogP contribution in [0, 0.1) is 0 Å². The molecule has 1 fully saturated rings. The average molecular weight is 364 g/mol. The van der Waals surface area contributed by atoms with Gasteiger partial charge in [-0.3, -0.25) is 4.79 Å². The first-order valence-corrected chi connectivity index (χ1v) is 10.3. The first-order valence-electron chi connectivity index (χ1n) is 8.71. The largest absolute Gasteiger partial charge is 0.345 e. The number of H-pyrrole nitrogens is 1. The molecule has 1 amide bonds. The summed E-state index contributed by atoms with van der Waals surface area (Å²) in [5.74, 6) is 0.123. The normalized spacial score (nSPS) is 16.9. The number of rotatable bonds is 5. The zero-order chi connectivity index (χ0) is 17.9. The lowest BCUT2D eigenvalue weighted by atomic mass is 10.1. The monoisotopic (exact) mass is 364 g/mol. The zero-order valence-corrected chi connectivity index (χ0v) is 15.3. The lowest BCUT2D eigenvalue weighted by molar-refractivity contribution is 0.0764. The first-order chi connectivity index (χ1) is 12.0. The maximum absolute atomic E-state index is 12.8. The van der Waals surface area contributed by atoms with Gasteiger partial charge in [0.15, 0.2) is 0 Å². The standard InChI is InChI=1S/C17H24N4O3S/c1-2-3-11-25(23,24)21-8-4-7-20(9-10-21)17(22)14-5-6-15-16(12-14)19-13-18-15/h5-6,12-13H,2-4,7-11H2,1H3,(H,18,19). The van der Waals surface area contributed by atoms with E-state index in [2.05, 4.69) is 9.97 Å². The van der Waals surface area contributed by atoms with Crippen molar-refractivity contribution in [3.05, 3.63) is 30.1 Å². The van der Waals surface area contributed by atoms with Gasteiger partial charge in [0.1, 0.15) is 0 Å². The molecule has 0 saturated carbocycles. The Morgan fingerprint density at radius 2 is 2.08 bits per heavy atom. The van der Waals surface area contributed by atoms with Crippen molar-refractivity contribution in [2.75, 3.05) is 31.9 Å². The summed E-state index contributed by atoms with van der Waals surface area (Å²) in [5, 5.41) is 0.